The molecule has 0 radical (unpaired) electrons. The van der Waals surface area contributed by atoms with E-state index in [4.69, 9.17) is 5.73 Å². The van der Waals surface area contributed by atoms with Gasteiger partial charge in [-0.15, -0.1) is 11.8 Å². The van der Waals surface area contributed by atoms with Crippen molar-refractivity contribution in [2.24, 2.45) is 5.73 Å². The van der Waals surface area contributed by atoms with Crippen molar-refractivity contribution in [1.29, 1.82) is 0 Å². The van der Waals surface area contributed by atoms with Gasteiger partial charge < -0.3 is 11.1 Å². The third kappa shape index (κ3) is 3.98. The lowest BCUT2D eigenvalue weighted by Gasteiger charge is -2.14. The topological polar surface area (TPSA) is 55.1 Å². The molecule has 1 aromatic carbocycles. The van der Waals surface area contributed by atoms with Crippen LogP contribution < -0.4 is 11.1 Å². The van der Waals surface area contributed by atoms with Gasteiger partial charge >= 0.3 is 0 Å². The monoisotopic (exact) mass is 278 g/mol. The van der Waals surface area contributed by atoms with Crippen LogP contribution in [0.5, 0.6) is 0 Å². The first-order valence-corrected chi connectivity index (χ1v) is 7.96. The maximum Gasteiger partial charge on any atom is 0.235 e. The average molecular weight is 278 g/mol. The van der Waals surface area contributed by atoms with E-state index in [1.807, 2.05) is 0 Å². The quantitative estimate of drug-likeness (QED) is 0.751. The summed E-state index contributed by atoms with van der Waals surface area (Å²) < 4.78 is 0. The fourth-order valence-electron chi connectivity index (χ4n) is 2.38. The first-order valence-electron chi connectivity index (χ1n) is 6.98. The molecule has 1 atom stereocenters. The van der Waals surface area contributed by atoms with Crippen molar-refractivity contribution in [3.05, 3.63) is 29.3 Å². The van der Waals surface area contributed by atoms with Crippen LogP contribution in [0.3, 0.4) is 0 Å². The number of aryl methyl sites for hydroxylation is 2. The molecule has 19 heavy (non-hydrogen) atoms. The normalized spacial score (nSPS) is 15.2. The molecule has 1 aliphatic carbocycles. The lowest BCUT2D eigenvalue weighted by atomic mass is 10.1. The van der Waals surface area contributed by atoms with Gasteiger partial charge in [-0.1, -0.05) is 13.0 Å². The van der Waals surface area contributed by atoms with Gasteiger partial charge in [-0.05, 0) is 55.5 Å². The summed E-state index contributed by atoms with van der Waals surface area (Å²) in [5.74, 6) is 0.441. The van der Waals surface area contributed by atoms with Crippen LogP contribution in [-0.2, 0) is 17.6 Å². The lowest BCUT2D eigenvalue weighted by Crippen LogP contribution is -2.43. The second-order valence-corrected chi connectivity index (χ2v) is 6.10. The Morgan fingerprint density at radius 2 is 2.21 bits per heavy atom. The first-order chi connectivity index (χ1) is 9.20. The van der Waals surface area contributed by atoms with E-state index in [-0.39, 0.29) is 11.9 Å². The summed E-state index contributed by atoms with van der Waals surface area (Å²) in [6.07, 6.45) is 4.68. The summed E-state index contributed by atoms with van der Waals surface area (Å²) in [6, 6.07) is 6.42. The van der Waals surface area contributed by atoms with Crippen molar-refractivity contribution < 1.29 is 4.79 Å². The van der Waals surface area contributed by atoms with Gasteiger partial charge in [0.15, 0.2) is 0 Å². The Bertz CT molecular complexity index is 448. The number of carbonyl (C=O) groups is 1. The van der Waals surface area contributed by atoms with Crippen LogP contribution in [0.2, 0.25) is 0 Å². The molecule has 0 spiro atoms. The molecule has 0 saturated carbocycles. The van der Waals surface area contributed by atoms with E-state index in [2.05, 4.69) is 30.4 Å². The number of fused-ring (bicyclic) bond motifs is 1. The number of benzene rings is 1. The minimum Gasteiger partial charge on any atom is -0.368 e. The van der Waals surface area contributed by atoms with Gasteiger partial charge in [0.1, 0.15) is 0 Å². The number of nitrogens with one attached hydrogen (secondary N) is 1. The number of nitrogens with two attached hydrogens (primary N) is 1. The minimum absolute atomic E-state index is 0.238. The van der Waals surface area contributed by atoms with Gasteiger partial charge in [-0.3, -0.25) is 4.79 Å². The van der Waals surface area contributed by atoms with Crippen molar-refractivity contribution in [2.75, 3.05) is 12.3 Å². The fraction of sp³-hybridized carbons (Fsp3) is 0.533. The molecular formula is C15H22N2OS. The van der Waals surface area contributed by atoms with E-state index in [0.717, 1.165) is 13.0 Å². The van der Waals surface area contributed by atoms with Crippen molar-refractivity contribution in [3.63, 3.8) is 0 Å². The number of hydrogen-bond donors (Lipinski definition) is 2. The fourth-order valence-corrected chi connectivity index (χ4v) is 3.41. The maximum atomic E-state index is 11.4. The van der Waals surface area contributed by atoms with Crippen molar-refractivity contribution in [2.45, 2.75) is 43.5 Å². The Kier molecular flexibility index (Phi) is 5.28. The highest BCUT2D eigenvalue weighted by molar-refractivity contribution is 7.99. The smallest absolute Gasteiger partial charge is 0.235 e. The molecule has 104 valence electrons. The summed E-state index contributed by atoms with van der Waals surface area (Å²) in [5, 5.41) is 3.20. The standard InChI is InChI=1S/C15H22N2OS/c1-2-8-17-14(15(16)18)10-19-13-7-6-11-4-3-5-12(11)9-13/h6-7,9,14,17H,2-5,8,10H2,1H3,(H2,16,18). The summed E-state index contributed by atoms with van der Waals surface area (Å²) in [4.78, 5) is 12.6. The van der Waals surface area contributed by atoms with Crippen molar-refractivity contribution in [1.82, 2.24) is 5.32 Å². The van der Waals surface area contributed by atoms with E-state index < -0.39 is 0 Å². The zero-order valence-corrected chi connectivity index (χ0v) is 12.3. The molecule has 0 saturated heterocycles. The molecule has 0 bridgehead atoms. The van der Waals surface area contributed by atoms with E-state index in [1.54, 1.807) is 11.8 Å². The predicted octanol–water partition coefficient (Wildman–Crippen LogP) is 2.12. The van der Waals surface area contributed by atoms with Crippen molar-refractivity contribution in [3.8, 4) is 0 Å². The van der Waals surface area contributed by atoms with Crippen LogP contribution in [0.25, 0.3) is 0 Å². The molecule has 0 fully saturated rings. The van der Waals surface area contributed by atoms with Crippen LogP contribution in [0, 0.1) is 0 Å². The average Bonchev–Trinajstić information content (AvgIpc) is 2.85. The number of primary amides is 1. The molecule has 0 aromatic heterocycles. The number of hydrogen-bond acceptors (Lipinski definition) is 3. The van der Waals surface area contributed by atoms with Gasteiger partial charge in [0, 0.05) is 10.6 Å². The Labute approximate surface area is 119 Å². The lowest BCUT2D eigenvalue weighted by molar-refractivity contribution is -0.119. The van der Waals surface area contributed by atoms with Crippen LogP contribution in [0.1, 0.15) is 30.9 Å². The first kappa shape index (κ1) is 14.4. The number of rotatable bonds is 7. The van der Waals surface area contributed by atoms with E-state index in [0.29, 0.717) is 5.75 Å². The molecule has 1 unspecified atom stereocenters. The summed E-state index contributed by atoms with van der Waals surface area (Å²) in [7, 11) is 0. The van der Waals surface area contributed by atoms with Crippen LogP contribution in [0.15, 0.2) is 23.1 Å². The van der Waals surface area contributed by atoms with Crippen molar-refractivity contribution >= 4 is 17.7 Å². The van der Waals surface area contributed by atoms with Gasteiger partial charge in [0.2, 0.25) is 5.91 Å². The van der Waals surface area contributed by atoms with E-state index >= 15 is 0 Å². The molecule has 1 aliphatic rings. The number of carbonyl (C=O) groups excluding carboxylic acids is 1. The van der Waals surface area contributed by atoms with Crippen LogP contribution >= 0.6 is 11.8 Å². The molecule has 4 heteroatoms. The third-order valence-corrected chi connectivity index (χ3v) is 4.56. The Morgan fingerprint density at radius 3 is 2.95 bits per heavy atom. The minimum atomic E-state index is -0.262. The predicted molar refractivity (Wildman–Crippen MR) is 80.5 cm³/mol. The van der Waals surface area contributed by atoms with Gasteiger partial charge in [0.25, 0.3) is 0 Å². The molecule has 0 aliphatic heterocycles. The third-order valence-electron chi connectivity index (χ3n) is 3.47. The molecule has 3 N–H and O–H groups in total. The highest BCUT2D eigenvalue weighted by atomic mass is 32.2. The van der Waals surface area contributed by atoms with Gasteiger partial charge in [0.05, 0.1) is 6.04 Å². The zero-order valence-electron chi connectivity index (χ0n) is 11.4. The Hall–Kier alpha value is -1.00. The Morgan fingerprint density at radius 1 is 1.42 bits per heavy atom. The number of thioether (sulfide) groups is 1. The molecule has 3 nitrogen and oxygen atoms in total. The molecule has 0 heterocycles. The molecular weight excluding hydrogens is 256 g/mol. The Balaban J connectivity index is 1.91. The highest BCUT2D eigenvalue weighted by Crippen LogP contribution is 2.27. The zero-order chi connectivity index (χ0) is 13.7. The molecule has 2 rings (SSSR count). The maximum absolute atomic E-state index is 11.4. The SMILES string of the molecule is CCCNC(CSc1ccc2c(c1)CCC2)C(N)=O. The number of amides is 1. The molecule has 1 amide bonds. The van der Waals surface area contributed by atoms with Gasteiger partial charge in [-0.2, -0.15) is 0 Å². The summed E-state index contributed by atoms with van der Waals surface area (Å²) in [6.45, 7) is 2.91. The largest absolute Gasteiger partial charge is 0.368 e. The van der Waals surface area contributed by atoms with E-state index in [9.17, 15) is 4.79 Å². The second kappa shape index (κ2) is 6.96. The second-order valence-electron chi connectivity index (χ2n) is 5.00. The molecule has 1 aromatic rings. The summed E-state index contributed by atoms with van der Waals surface area (Å²) >= 11 is 1.71. The van der Waals surface area contributed by atoms with Crippen LogP contribution in [-0.4, -0.2) is 24.2 Å². The van der Waals surface area contributed by atoms with Gasteiger partial charge in [-0.25, -0.2) is 0 Å². The van der Waals surface area contributed by atoms with E-state index in [1.165, 1.54) is 35.3 Å². The van der Waals surface area contributed by atoms with Crippen LogP contribution in [0.4, 0.5) is 0 Å². The summed E-state index contributed by atoms with van der Waals surface area (Å²) in [5.41, 5.74) is 8.38. The highest BCUT2D eigenvalue weighted by Gasteiger charge is 2.15.